The predicted molar refractivity (Wildman–Crippen MR) is 62.7 cm³/mol. The number of hydrogen-bond donors (Lipinski definition) is 0. The summed E-state index contributed by atoms with van der Waals surface area (Å²) in [6.45, 7) is 0. The fraction of sp³-hybridized carbons (Fsp3) is 0.429. The van der Waals surface area contributed by atoms with E-state index in [2.05, 4.69) is 0 Å². The average molecular weight is 252 g/mol. The molecular formula is C14H14F2O2. The van der Waals surface area contributed by atoms with Crippen molar-refractivity contribution in [2.75, 3.05) is 0 Å². The molecule has 1 aliphatic carbocycles. The first-order valence-corrected chi connectivity index (χ1v) is 6.02. The Kier molecular flexibility index (Phi) is 3.84. The van der Waals surface area contributed by atoms with Crippen molar-refractivity contribution in [3.8, 4) is 0 Å². The molecule has 0 spiro atoms. The molecule has 18 heavy (non-hydrogen) atoms. The molecule has 2 rings (SSSR count). The molecule has 0 N–H and O–H groups in total. The topological polar surface area (TPSA) is 34.1 Å². The van der Waals surface area contributed by atoms with E-state index < -0.39 is 6.43 Å². The summed E-state index contributed by atoms with van der Waals surface area (Å²) in [5.74, 6) is -0.267. The molecule has 0 radical (unpaired) electrons. The van der Waals surface area contributed by atoms with E-state index in [1.165, 1.54) is 24.3 Å². The van der Waals surface area contributed by atoms with Crippen LogP contribution in [0.3, 0.4) is 0 Å². The van der Waals surface area contributed by atoms with Crippen LogP contribution < -0.4 is 0 Å². The van der Waals surface area contributed by atoms with Gasteiger partial charge in [0.2, 0.25) is 0 Å². The van der Waals surface area contributed by atoms with E-state index in [9.17, 15) is 18.4 Å². The highest BCUT2D eigenvalue weighted by Crippen LogP contribution is 2.26. The zero-order valence-electron chi connectivity index (χ0n) is 9.86. The second-order valence-corrected chi connectivity index (χ2v) is 4.62. The SMILES string of the molecule is O=C1CCCC(C(=O)c2ccc(C(F)F)cc2)C1. The highest BCUT2D eigenvalue weighted by atomic mass is 19.3. The lowest BCUT2D eigenvalue weighted by molar-refractivity contribution is -0.121. The normalized spacial score (nSPS) is 20.2. The smallest absolute Gasteiger partial charge is 0.263 e. The number of halogens is 2. The molecule has 0 amide bonds. The lowest BCUT2D eigenvalue weighted by Gasteiger charge is -2.19. The fourth-order valence-electron chi connectivity index (χ4n) is 2.28. The summed E-state index contributed by atoms with van der Waals surface area (Å²) in [6.07, 6.45) is -0.236. The molecule has 96 valence electrons. The van der Waals surface area contributed by atoms with Gasteiger partial charge in [0, 0.05) is 29.9 Å². The van der Waals surface area contributed by atoms with Crippen molar-refractivity contribution in [3.05, 3.63) is 35.4 Å². The van der Waals surface area contributed by atoms with Crippen LogP contribution in [0.2, 0.25) is 0 Å². The minimum Gasteiger partial charge on any atom is -0.300 e. The van der Waals surface area contributed by atoms with Crippen LogP contribution in [0.1, 0.15) is 48.0 Å². The molecule has 4 heteroatoms. The molecule has 0 aromatic heterocycles. The highest BCUT2D eigenvalue weighted by Gasteiger charge is 2.26. The monoisotopic (exact) mass is 252 g/mol. The third-order valence-corrected chi connectivity index (χ3v) is 3.30. The standard InChI is InChI=1S/C14H14F2O2/c15-14(16)10-6-4-9(5-7-10)13(18)11-2-1-3-12(17)8-11/h4-7,11,14H,1-3,8H2. The summed E-state index contributed by atoms with van der Waals surface area (Å²) in [7, 11) is 0. The van der Waals surface area contributed by atoms with Crippen molar-refractivity contribution >= 4 is 11.6 Å². The maximum Gasteiger partial charge on any atom is 0.263 e. The average Bonchev–Trinajstić information content (AvgIpc) is 2.38. The van der Waals surface area contributed by atoms with Gasteiger partial charge >= 0.3 is 0 Å². The van der Waals surface area contributed by atoms with Crippen LogP contribution in [0, 0.1) is 5.92 Å². The van der Waals surface area contributed by atoms with Crippen molar-refractivity contribution in [2.24, 2.45) is 5.92 Å². The fourth-order valence-corrected chi connectivity index (χ4v) is 2.28. The molecule has 0 heterocycles. The molecule has 1 aliphatic rings. The van der Waals surface area contributed by atoms with Gasteiger partial charge < -0.3 is 0 Å². The third kappa shape index (κ3) is 2.81. The summed E-state index contributed by atoms with van der Waals surface area (Å²) in [5, 5.41) is 0. The summed E-state index contributed by atoms with van der Waals surface area (Å²) >= 11 is 0. The molecule has 1 aromatic rings. The maximum atomic E-state index is 12.4. The van der Waals surface area contributed by atoms with E-state index in [1.54, 1.807) is 0 Å². The second kappa shape index (κ2) is 5.38. The van der Waals surface area contributed by atoms with Crippen LogP contribution in [-0.2, 0) is 4.79 Å². The van der Waals surface area contributed by atoms with E-state index in [-0.39, 0.29) is 29.5 Å². The van der Waals surface area contributed by atoms with Gasteiger partial charge in [-0.1, -0.05) is 24.3 Å². The van der Waals surface area contributed by atoms with Crippen molar-refractivity contribution in [1.82, 2.24) is 0 Å². The number of carbonyl (C=O) groups is 2. The summed E-state index contributed by atoms with van der Waals surface area (Å²) in [6, 6.07) is 5.37. The lowest BCUT2D eigenvalue weighted by Crippen LogP contribution is -2.22. The van der Waals surface area contributed by atoms with E-state index in [0.717, 1.165) is 6.42 Å². The van der Waals surface area contributed by atoms with Gasteiger partial charge in [0.1, 0.15) is 5.78 Å². The number of ketones is 2. The first-order valence-electron chi connectivity index (χ1n) is 6.02. The quantitative estimate of drug-likeness (QED) is 0.771. The van der Waals surface area contributed by atoms with Crippen LogP contribution in [0.5, 0.6) is 0 Å². The van der Waals surface area contributed by atoms with Crippen LogP contribution >= 0.6 is 0 Å². The number of Topliss-reactive ketones (excluding diaryl/α,β-unsaturated/α-hetero) is 2. The maximum absolute atomic E-state index is 12.4. The zero-order valence-corrected chi connectivity index (χ0v) is 9.86. The Balaban J connectivity index is 2.10. The van der Waals surface area contributed by atoms with Crippen molar-refractivity contribution in [1.29, 1.82) is 0 Å². The van der Waals surface area contributed by atoms with Gasteiger partial charge in [-0.15, -0.1) is 0 Å². The van der Waals surface area contributed by atoms with Crippen LogP contribution in [0.15, 0.2) is 24.3 Å². The largest absolute Gasteiger partial charge is 0.300 e. The molecule has 1 unspecified atom stereocenters. The van der Waals surface area contributed by atoms with Gasteiger partial charge in [0.25, 0.3) is 6.43 Å². The predicted octanol–water partition coefficient (Wildman–Crippen LogP) is 3.57. The molecule has 1 aromatic carbocycles. The van der Waals surface area contributed by atoms with Crippen molar-refractivity contribution < 1.29 is 18.4 Å². The Bertz CT molecular complexity index is 451. The Hall–Kier alpha value is -1.58. The number of rotatable bonds is 3. The Morgan fingerprint density at radius 2 is 1.89 bits per heavy atom. The van der Waals surface area contributed by atoms with Gasteiger partial charge in [-0.05, 0) is 12.8 Å². The van der Waals surface area contributed by atoms with Gasteiger partial charge in [-0.3, -0.25) is 9.59 Å². The van der Waals surface area contributed by atoms with Crippen LogP contribution in [-0.4, -0.2) is 11.6 Å². The minimum absolute atomic E-state index is 0.0914. The van der Waals surface area contributed by atoms with Crippen LogP contribution in [0.25, 0.3) is 0 Å². The first-order chi connectivity index (χ1) is 8.58. The van der Waals surface area contributed by atoms with Gasteiger partial charge in [-0.2, -0.15) is 0 Å². The van der Waals surface area contributed by atoms with E-state index in [1.807, 2.05) is 0 Å². The van der Waals surface area contributed by atoms with Gasteiger partial charge in [-0.25, -0.2) is 8.78 Å². The summed E-state index contributed by atoms with van der Waals surface area (Å²) in [5.41, 5.74) is 0.324. The van der Waals surface area contributed by atoms with Gasteiger partial charge in [0.05, 0.1) is 0 Å². The molecule has 0 saturated heterocycles. The van der Waals surface area contributed by atoms with Gasteiger partial charge in [0.15, 0.2) is 5.78 Å². The van der Waals surface area contributed by atoms with Crippen molar-refractivity contribution in [3.63, 3.8) is 0 Å². The Morgan fingerprint density at radius 3 is 2.44 bits per heavy atom. The number of hydrogen-bond acceptors (Lipinski definition) is 2. The van der Waals surface area contributed by atoms with E-state index in [4.69, 9.17) is 0 Å². The molecule has 0 bridgehead atoms. The number of alkyl halides is 2. The second-order valence-electron chi connectivity index (χ2n) is 4.62. The number of benzene rings is 1. The molecular weight excluding hydrogens is 238 g/mol. The van der Waals surface area contributed by atoms with E-state index in [0.29, 0.717) is 18.4 Å². The van der Waals surface area contributed by atoms with Crippen LogP contribution in [0.4, 0.5) is 8.78 Å². The molecule has 1 atom stereocenters. The molecule has 2 nitrogen and oxygen atoms in total. The molecule has 1 fully saturated rings. The van der Waals surface area contributed by atoms with E-state index >= 15 is 0 Å². The third-order valence-electron chi connectivity index (χ3n) is 3.30. The molecule has 1 saturated carbocycles. The summed E-state index contributed by atoms with van der Waals surface area (Å²) < 4.78 is 24.8. The Morgan fingerprint density at radius 1 is 1.22 bits per heavy atom. The van der Waals surface area contributed by atoms with Crippen molar-refractivity contribution in [2.45, 2.75) is 32.1 Å². The Labute approximate surface area is 104 Å². The lowest BCUT2D eigenvalue weighted by atomic mass is 9.83. The number of carbonyl (C=O) groups excluding carboxylic acids is 2. The minimum atomic E-state index is -2.52. The molecule has 0 aliphatic heterocycles. The zero-order chi connectivity index (χ0) is 13.1. The first kappa shape index (κ1) is 12.9. The summed E-state index contributed by atoms with van der Waals surface area (Å²) in [4.78, 5) is 23.4. The highest BCUT2D eigenvalue weighted by molar-refractivity contribution is 6.00.